The van der Waals surface area contributed by atoms with Gasteiger partial charge in [-0.15, -0.1) is 0 Å². The summed E-state index contributed by atoms with van der Waals surface area (Å²) in [6.45, 7) is 2.58. The van der Waals surface area contributed by atoms with Crippen molar-refractivity contribution >= 4 is 66.7 Å². The molecule has 6 N–H and O–H groups in total. The van der Waals surface area contributed by atoms with Crippen LogP contribution in [0.25, 0.3) is 43.5 Å². The molecular formula is C34H26N4O10. The van der Waals surface area contributed by atoms with Crippen molar-refractivity contribution in [1.82, 2.24) is 10.9 Å². The molecule has 2 atom stereocenters. The van der Waals surface area contributed by atoms with E-state index < -0.39 is 46.8 Å². The molecular weight excluding hydrogens is 624 g/mol. The largest absolute Gasteiger partial charge is 0.506 e. The molecule has 0 saturated heterocycles. The summed E-state index contributed by atoms with van der Waals surface area (Å²) < 4.78 is 10.7. The SMILES string of the molecule is C/C(=N\NC(=O)C(O)C(O)C(=O)N/N=C(\C)c1c(O)c2c(ccc3ccccc32)oc1=O)c1c(O)c2c(ccc3ccccc32)oc1=O. The molecule has 0 aliphatic heterocycles. The minimum absolute atomic E-state index is 0.129. The third kappa shape index (κ3) is 5.50. The molecule has 0 saturated carbocycles. The second kappa shape index (κ2) is 12.4. The molecule has 0 aliphatic carbocycles. The van der Waals surface area contributed by atoms with Crippen molar-refractivity contribution in [3.63, 3.8) is 0 Å². The van der Waals surface area contributed by atoms with Crippen molar-refractivity contribution in [2.45, 2.75) is 26.1 Å². The summed E-state index contributed by atoms with van der Waals surface area (Å²) in [4.78, 5) is 50.5. The van der Waals surface area contributed by atoms with E-state index in [0.717, 1.165) is 10.8 Å². The standard InChI is InChI=1S/C34H26N4O10/c1-15(23-27(39)25-19-9-5-3-7-17(19)11-13-21(25)47-33(23)45)35-37-31(43)29(41)30(42)32(44)38-36-16(2)24-28(40)26-20-10-6-4-8-18(20)12-14-22(26)48-34(24)46/h3-14,29-30,39-42H,1-2H3,(H,37,43)(H,38,44)/b35-15+,36-16+. The number of nitrogens with zero attached hydrogens (tertiary/aromatic N) is 2. The van der Waals surface area contributed by atoms with Gasteiger partial charge in [0.25, 0.3) is 11.8 Å². The van der Waals surface area contributed by atoms with Gasteiger partial charge in [0.05, 0.1) is 22.2 Å². The molecule has 0 radical (unpaired) electrons. The van der Waals surface area contributed by atoms with Crippen LogP contribution in [0.2, 0.25) is 0 Å². The van der Waals surface area contributed by atoms with E-state index in [1.807, 2.05) is 10.9 Å². The predicted molar refractivity (Wildman–Crippen MR) is 176 cm³/mol. The van der Waals surface area contributed by atoms with Crippen molar-refractivity contribution in [2.75, 3.05) is 0 Å². The van der Waals surface area contributed by atoms with E-state index in [0.29, 0.717) is 10.8 Å². The highest BCUT2D eigenvalue weighted by Gasteiger charge is 2.31. The molecule has 14 heteroatoms. The van der Waals surface area contributed by atoms with E-state index in [9.17, 15) is 39.6 Å². The summed E-state index contributed by atoms with van der Waals surface area (Å²) in [5.41, 5.74) is 1.14. The molecule has 4 aromatic carbocycles. The normalized spacial score (nSPS) is 13.6. The van der Waals surface area contributed by atoms with Gasteiger partial charge in [-0.1, -0.05) is 60.7 Å². The van der Waals surface area contributed by atoms with E-state index in [2.05, 4.69) is 10.2 Å². The maximum absolute atomic E-state index is 12.7. The number of carbonyl (C=O) groups is 2. The molecule has 0 bridgehead atoms. The summed E-state index contributed by atoms with van der Waals surface area (Å²) in [5, 5.41) is 53.4. The average molecular weight is 651 g/mol. The van der Waals surface area contributed by atoms with Crippen molar-refractivity contribution in [2.24, 2.45) is 10.2 Å². The fourth-order valence-corrected chi connectivity index (χ4v) is 5.35. The van der Waals surface area contributed by atoms with Crippen LogP contribution < -0.4 is 22.1 Å². The first-order valence-electron chi connectivity index (χ1n) is 14.4. The van der Waals surface area contributed by atoms with Crippen molar-refractivity contribution in [3.8, 4) is 11.5 Å². The van der Waals surface area contributed by atoms with Crippen LogP contribution in [-0.2, 0) is 9.59 Å². The summed E-state index contributed by atoms with van der Waals surface area (Å²) in [7, 11) is 0. The highest BCUT2D eigenvalue weighted by molar-refractivity contribution is 6.14. The zero-order valence-corrected chi connectivity index (χ0v) is 25.2. The van der Waals surface area contributed by atoms with Crippen LogP contribution in [-0.4, -0.2) is 55.9 Å². The second-order valence-electron chi connectivity index (χ2n) is 10.8. The van der Waals surface area contributed by atoms with Crippen LogP contribution in [0, 0.1) is 0 Å². The van der Waals surface area contributed by atoms with E-state index in [1.54, 1.807) is 60.7 Å². The number of amides is 2. The molecule has 6 aromatic rings. The van der Waals surface area contributed by atoms with Crippen LogP contribution in [0.4, 0.5) is 0 Å². The molecule has 242 valence electrons. The van der Waals surface area contributed by atoms with Gasteiger partial charge in [-0.3, -0.25) is 9.59 Å². The van der Waals surface area contributed by atoms with Gasteiger partial charge in [0, 0.05) is 0 Å². The molecule has 0 fully saturated rings. The van der Waals surface area contributed by atoms with Crippen molar-refractivity contribution in [1.29, 1.82) is 0 Å². The second-order valence-corrected chi connectivity index (χ2v) is 10.8. The number of aliphatic hydroxyl groups is 2. The van der Waals surface area contributed by atoms with Crippen LogP contribution >= 0.6 is 0 Å². The molecule has 2 unspecified atom stereocenters. The quantitative estimate of drug-likeness (QED) is 0.0641. The predicted octanol–water partition coefficient (Wildman–Crippen LogP) is 2.72. The Bertz CT molecular complexity index is 2310. The molecule has 0 spiro atoms. The van der Waals surface area contributed by atoms with Gasteiger partial charge in [-0.05, 0) is 47.5 Å². The fourth-order valence-electron chi connectivity index (χ4n) is 5.35. The fraction of sp³-hybridized carbons (Fsp3) is 0.118. The molecule has 48 heavy (non-hydrogen) atoms. The number of hydrazone groups is 2. The minimum Gasteiger partial charge on any atom is -0.506 e. The third-order valence-electron chi connectivity index (χ3n) is 7.77. The Hall–Kier alpha value is -6.38. The summed E-state index contributed by atoms with van der Waals surface area (Å²) in [5.74, 6) is -3.57. The van der Waals surface area contributed by atoms with Gasteiger partial charge in [-0.2, -0.15) is 10.2 Å². The number of hydrogen-bond donors (Lipinski definition) is 6. The average Bonchev–Trinajstić information content (AvgIpc) is 3.08. The topological polar surface area (TPSA) is 224 Å². The third-order valence-corrected chi connectivity index (χ3v) is 7.77. The Morgan fingerprint density at radius 1 is 0.625 bits per heavy atom. The first-order chi connectivity index (χ1) is 23.0. The van der Waals surface area contributed by atoms with Crippen molar-refractivity contribution < 1.29 is 38.8 Å². The Morgan fingerprint density at radius 2 is 1.00 bits per heavy atom. The summed E-state index contributed by atoms with van der Waals surface area (Å²) in [6, 6.07) is 20.7. The van der Waals surface area contributed by atoms with Crippen LogP contribution in [0.15, 0.2) is 101 Å². The van der Waals surface area contributed by atoms with E-state index in [-0.39, 0.29) is 44.5 Å². The molecule has 14 nitrogen and oxygen atoms in total. The highest BCUT2D eigenvalue weighted by Crippen LogP contribution is 2.34. The first-order valence-corrected chi connectivity index (χ1v) is 14.4. The lowest BCUT2D eigenvalue weighted by Crippen LogP contribution is -2.48. The first kappa shape index (κ1) is 31.6. The monoisotopic (exact) mass is 650 g/mol. The van der Waals surface area contributed by atoms with E-state index >= 15 is 0 Å². The number of aliphatic hydroxyl groups excluding tert-OH is 2. The van der Waals surface area contributed by atoms with Crippen LogP contribution in [0.5, 0.6) is 11.5 Å². The van der Waals surface area contributed by atoms with Gasteiger partial charge in [0.15, 0.2) is 12.2 Å². The van der Waals surface area contributed by atoms with Gasteiger partial charge in [0.2, 0.25) is 0 Å². The lowest BCUT2D eigenvalue weighted by molar-refractivity contribution is -0.146. The zero-order valence-electron chi connectivity index (χ0n) is 25.2. The molecule has 2 aromatic heterocycles. The van der Waals surface area contributed by atoms with Crippen LogP contribution in [0.3, 0.4) is 0 Å². The summed E-state index contributed by atoms with van der Waals surface area (Å²) in [6.07, 6.45) is -4.73. The number of aromatic hydroxyl groups is 2. The molecule has 2 amide bonds. The van der Waals surface area contributed by atoms with Gasteiger partial charge in [0.1, 0.15) is 33.8 Å². The highest BCUT2D eigenvalue weighted by atomic mass is 16.4. The van der Waals surface area contributed by atoms with Crippen molar-refractivity contribution in [3.05, 3.63) is 105 Å². The lowest BCUT2D eigenvalue weighted by atomic mass is 10.0. The van der Waals surface area contributed by atoms with E-state index in [1.165, 1.54) is 26.0 Å². The molecule has 2 heterocycles. The Labute approximate surface area is 268 Å². The maximum atomic E-state index is 12.7. The van der Waals surface area contributed by atoms with Gasteiger partial charge < -0.3 is 29.3 Å². The number of rotatable bonds is 7. The zero-order chi connectivity index (χ0) is 34.3. The Balaban J connectivity index is 1.19. The minimum atomic E-state index is -2.37. The Kier molecular flexibility index (Phi) is 8.18. The maximum Gasteiger partial charge on any atom is 0.349 e. The smallest absolute Gasteiger partial charge is 0.349 e. The van der Waals surface area contributed by atoms with Crippen LogP contribution in [0.1, 0.15) is 25.0 Å². The molecule has 0 aliphatic rings. The number of fused-ring (bicyclic) bond motifs is 6. The van der Waals surface area contributed by atoms with Gasteiger partial charge in [-0.25, -0.2) is 20.4 Å². The number of benzene rings is 4. The molecule has 6 rings (SSSR count). The number of carbonyl (C=O) groups excluding carboxylic acids is 2. The number of nitrogens with one attached hydrogen (secondary N) is 2. The number of hydrogen-bond acceptors (Lipinski definition) is 12. The summed E-state index contributed by atoms with van der Waals surface area (Å²) >= 11 is 0. The van der Waals surface area contributed by atoms with E-state index in [4.69, 9.17) is 8.83 Å². The Morgan fingerprint density at radius 3 is 1.40 bits per heavy atom. The van der Waals surface area contributed by atoms with Gasteiger partial charge >= 0.3 is 11.3 Å². The lowest BCUT2D eigenvalue weighted by Gasteiger charge is -2.15.